The van der Waals surface area contributed by atoms with Gasteiger partial charge in [0.25, 0.3) is 0 Å². The average Bonchev–Trinajstić information content (AvgIpc) is 3.04. The van der Waals surface area contributed by atoms with E-state index in [0.29, 0.717) is 0 Å². The van der Waals surface area contributed by atoms with Crippen LogP contribution in [0.1, 0.15) is 208 Å². The third kappa shape index (κ3) is 69.2. The minimum Gasteiger partial charge on any atom is -0.331 e. The Morgan fingerprint density at radius 1 is 0.568 bits per heavy atom. The molecule has 3 N–H and O–H groups in total. The second-order valence-electron chi connectivity index (χ2n) is 12.3. The molecule has 0 spiro atoms. The van der Waals surface area contributed by atoms with Gasteiger partial charge in [0.2, 0.25) is 0 Å². The molecule has 44 heavy (non-hydrogen) atoms. The van der Waals surface area contributed by atoms with Gasteiger partial charge in [-0.1, -0.05) is 208 Å². The van der Waals surface area contributed by atoms with Gasteiger partial charge in [0, 0.05) is 8.88 Å². The molecular formula is C40H98N3P. The first-order chi connectivity index (χ1) is 20.9. The van der Waals surface area contributed by atoms with E-state index < -0.39 is 0 Å². The molecular weight excluding hydrogens is 553 g/mol. The second kappa shape index (κ2) is 58.8. The SMILES string of the molecule is CC.CCC(C)C.CCC(CC)CC.CCC(CC)CCCC(CC)CC.CCCC(C)CC.CCN.CCN(C)PNC. The fourth-order valence-electron chi connectivity index (χ4n) is 3.92. The smallest absolute Gasteiger partial charge is 0.0206 e. The van der Waals surface area contributed by atoms with Crippen molar-refractivity contribution in [2.45, 2.75) is 208 Å². The summed E-state index contributed by atoms with van der Waals surface area (Å²) in [4.78, 5) is 0. The maximum Gasteiger partial charge on any atom is 0.0206 e. The third-order valence-electron chi connectivity index (χ3n) is 8.34. The van der Waals surface area contributed by atoms with Crippen molar-refractivity contribution < 1.29 is 0 Å². The molecule has 0 aromatic rings. The van der Waals surface area contributed by atoms with Crippen LogP contribution < -0.4 is 10.8 Å². The molecule has 278 valence electrons. The van der Waals surface area contributed by atoms with Crippen LogP contribution in [0.15, 0.2) is 0 Å². The standard InChI is InChI=1S/C13H28.2C7H16.C5H12.C4H13N2P.C2H7N.C2H6/c1-5-12(6-2)10-9-11-13(7-3)8-4;1-4-6-7(3)5-2;1-4-7(5-2)6-3;1-4-5(2)3;1-4-6(3)7-5-2;1-2-3;1-2/h12-13H,5-11H2,1-4H3;2*7H,4-6H2,1-3H3;5H,4H2,1-3H3;5,7H,4H2,1-3H3;2-3H2,1H3;1-2H3. The molecule has 4 heteroatoms. The fourth-order valence-corrected chi connectivity index (χ4v) is 4.46. The van der Waals surface area contributed by atoms with Gasteiger partial charge < -0.3 is 5.73 Å². The molecule has 0 aromatic heterocycles. The van der Waals surface area contributed by atoms with Crippen molar-refractivity contribution in [1.82, 2.24) is 9.76 Å². The summed E-state index contributed by atoms with van der Waals surface area (Å²) < 4.78 is 2.22. The summed E-state index contributed by atoms with van der Waals surface area (Å²) in [5.41, 5.74) is 4.85. The molecule has 2 unspecified atom stereocenters. The van der Waals surface area contributed by atoms with E-state index in [0.717, 1.165) is 51.6 Å². The van der Waals surface area contributed by atoms with E-state index in [1.807, 2.05) is 27.8 Å². The topological polar surface area (TPSA) is 41.3 Å². The molecule has 0 aliphatic rings. The van der Waals surface area contributed by atoms with E-state index in [1.54, 1.807) is 0 Å². The van der Waals surface area contributed by atoms with Crippen LogP contribution in [0.4, 0.5) is 0 Å². The lowest BCUT2D eigenvalue weighted by atomic mass is 9.91. The summed E-state index contributed by atoms with van der Waals surface area (Å²) in [6, 6.07) is 0. The summed E-state index contributed by atoms with van der Waals surface area (Å²) in [5.74, 6) is 4.81. The Hall–Kier alpha value is 0.310. The van der Waals surface area contributed by atoms with Crippen LogP contribution in [-0.4, -0.2) is 31.9 Å². The average molecular weight is 652 g/mol. The summed E-state index contributed by atoms with van der Waals surface area (Å²) in [6.07, 6.45) is 19.3. The third-order valence-corrected chi connectivity index (χ3v) is 9.26. The first-order valence-corrected chi connectivity index (χ1v) is 20.7. The highest BCUT2D eigenvalue weighted by molar-refractivity contribution is 7.32. The maximum atomic E-state index is 4.85. The first-order valence-electron chi connectivity index (χ1n) is 19.8. The number of nitrogens with zero attached hydrogens (tertiary/aromatic N) is 1. The molecule has 0 aliphatic carbocycles. The first kappa shape index (κ1) is 59.7. The molecule has 0 aromatic carbocycles. The second-order valence-corrected chi connectivity index (χ2v) is 13.8. The Morgan fingerprint density at radius 2 is 0.886 bits per heavy atom. The molecule has 0 fully saturated rings. The van der Waals surface area contributed by atoms with Crippen molar-refractivity contribution in [1.29, 1.82) is 0 Å². The van der Waals surface area contributed by atoms with E-state index >= 15 is 0 Å². The van der Waals surface area contributed by atoms with E-state index in [-0.39, 0.29) is 0 Å². The quantitative estimate of drug-likeness (QED) is 0.145. The van der Waals surface area contributed by atoms with Crippen molar-refractivity contribution >= 4 is 8.88 Å². The van der Waals surface area contributed by atoms with Gasteiger partial charge in [-0.3, -0.25) is 9.76 Å². The van der Waals surface area contributed by atoms with Gasteiger partial charge in [0.05, 0.1) is 0 Å². The number of hydrogen-bond acceptors (Lipinski definition) is 3. The van der Waals surface area contributed by atoms with Gasteiger partial charge in [-0.15, -0.1) is 0 Å². The molecule has 3 nitrogen and oxygen atoms in total. The Morgan fingerprint density at radius 3 is 1.00 bits per heavy atom. The van der Waals surface area contributed by atoms with E-state index in [1.165, 1.54) is 89.9 Å². The number of hydrogen-bond donors (Lipinski definition) is 2. The normalized spacial score (nSPS) is 10.8. The Bertz CT molecular complexity index is 351. The monoisotopic (exact) mass is 652 g/mol. The van der Waals surface area contributed by atoms with Gasteiger partial charge >= 0.3 is 0 Å². The van der Waals surface area contributed by atoms with E-state index in [9.17, 15) is 0 Å². The lowest BCUT2D eigenvalue weighted by molar-refractivity contribution is 0.380. The van der Waals surface area contributed by atoms with Gasteiger partial charge in [-0.05, 0) is 56.8 Å². The predicted molar refractivity (Wildman–Crippen MR) is 218 cm³/mol. The lowest BCUT2D eigenvalue weighted by Crippen LogP contribution is -2.10. The summed E-state index contributed by atoms with van der Waals surface area (Å²) in [6.45, 7) is 39.4. The molecule has 0 radical (unpaired) electrons. The highest BCUT2D eigenvalue weighted by atomic mass is 31.1. The minimum atomic E-state index is 0.750. The zero-order chi connectivity index (χ0) is 36.2. The van der Waals surface area contributed by atoms with Crippen molar-refractivity contribution in [2.24, 2.45) is 35.3 Å². The minimum absolute atomic E-state index is 0.750. The van der Waals surface area contributed by atoms with Crippen LogP contribution in [0.25, 0.3) is 0 Å². The van der Waals surface area contributed by atoms with Gasteiger partial charge in [-0.25, -0.2) is 0 Å². The largest absolute Gasteiger partial charge is 0.331 e. The summed E-state index contributed by atoms with van der Waals surface area (Å²) in [5, 5.41) is 3.07. The summed E-state index contributed by atoms with van der Waals surface area (Å²) in [7, 11) is 4.83. The highest BCUT2D eigenvalue weighted by Gasteiger charge is 2.06. The highest BCUT2D eigenvalue weighted by Crippen LogP contribution is 2.21. The van der Waals surface area contributed by atoms with Crippen LogP contribution in [0.3, 0.4) is 0 Å². The summed E-state index contributed by atoms with van der Waals surface area (Å²) >= 11 is 0. The molecule has 0 rings (SSSR count). The predicted octanol–water partition coefficient (Wildman–Crippen LogP) is 14.4. The Labute approximate surface area is 288 Å². The van der Waals surface area contributed by atoms with Crippen LogP contribution >= 0.6 is 8.88 Å². The zero-order valence-corrected chi connectivity index (χ0v) is 36.2. The van der Waals surface area contributed by atoms with E-state index in [2.05, 4.69) is 114 Å². The van der Waals surface area contributed by atoms with Crippen molar-refractivity contribution in [3.8, 4) is 0 Å². The van der Waals surface area contributed by atoms with E-state index in [4.69, 9.17) is 5.73 Å². The van der Waals surface area contributed by atoms with Crippen molar-refractivity contribution in [3.63, 3.8) is 0 Å². The molecule has 0 aliphatic heterocycles. The van der Waals surface area contributed by atoms with Gasteiger partial charge in [0.15, 0.2) is 0 Å². The fraction of sp³-hybridized carbons (Fsp3) is 1.00. The van der Waals surface area contributed by atoms with Gasteiger partial charge in [0.1, 0.15) is 0 Å². The molecule has 0 saturated carbocycles. The molecule has 0 bridgehead atoms. The van der Waals surface area contributed by atoms with Crippen LogP contribution in [0.2, 0.25) is 0 Å². The van der Waals surface area contributed by atoms with Crippen LogP contribution in [0.5, 0.6) is 0 Å². The lowest BCUT2D eigenvalue weighted by Gasteiger charge is -2.15. The Balaban J connectivity index is -0.0000000776. The number of rotatable bonds is 18. The zero-order valence-electron chi connectivity index (χ0n) is 35.2. The number of nitrogens with two attached hydrogens (primary N) is 1. The number of nitrogens with one attached hydrogen (secondary N) is 1. The molecule has 0 amide bonds. The Kier molecular flexibility index (Phi) is 79.8. The van der Waals surface area contributed by atoms with Crippen LogP contribution in [-0.2, 0) is 0 Å². The van der Waals surface area contributed by atoms with Crippen LogP contribution in [0, 0.1) is 29.6 Å². The molecule has 2 atom stereocenters. The van der Waals surface area contributed by atoms with Crippen molar-refractivity contribution in [2.75, 3.05) is 27.2 Å². The maximum absolute atomic E-state index is 4.85. The molecule has 0 heterocycles. The van der Waals surface area contributed by atoms with Gasteiger partial charge in [-0.2, -0.15) is 0 Å². The molecule has 0 saturated heterocycles. The van der Waals surface area contributed by atoms with Crippen molar-refractivity contribution in [3.05, 3.63) is 0 Å².